The molecular weight excluding hydrogens is 316 g/mol. The molecule has 0 bridgehead atoms. The molecule has 1 aliphatic carbocycles. The number of benzene rings is 1. The molecule has 5 nitrogen and oxygen atoms in total. The lowest BCUT2D eigenvalue weighted by Crippen LogP contribution is -2.12. The van der Waals surface area contributed by atoms with E-state index in [1.807, 2.05) is 19.1 Å². The van der Waals surface area contributed by atoms with Gasteiger partial charge in [0.05, 0.1) is 12.3 Å². The predicted molar refractivity (Wildman–Crippen MR) is 87.2 cm³/mol. The van der Waals surface area contributed by atoms with E-state index in [4.69, 9.17) is 16.3 Å². The molecule has 2 aromatic rings. The molecule has 23 heavy (non-hydrogen) atoms. The Morgan fingerprint density at radius 2 is 2.00 bits per heavy atom. The first-order valence-corrected chi connectivity index (χ1v) is 8.02. The highest BCUT2D eigenvalue weighted by Crippen LogP contribution is 2.43. The van der Waals surface area contributed by atoms with E-state index in [0.29, 0.717) is 23.1 Å². The molecule has 3 rings (SSSR count). The molecule has 0 radical (unpaired) electrons. The van der Waals surface area contributed by atoms with Crippen molar-refractivity contribution >= 4 is 17.6 Å². The van der Waals surface area contributed by atoms with Crippen LogP contribution in [0.3, 0.4) is 0 Å². The molecule has 1 aromatic heterocycles. The molecule has 0 amide bonds. The van der Waals surface area contributed by atoms with Gasteiger partial charge >= 0.3 is 5.97 Å². The number of rotatable bonds is 6. The molecule has 6 heteroatoms. The molecule has 0 unspecified atom stereocenters. The summed E-state index contributed by atoms with van der Waals surface area (Å²) in [4.78, 5) is 20.5. The molecular formula is C17H17ClN2O3. The number of aromatic nitrogens is 2. The first-order chi connectivity index (χ1) is 11.1. The molecule has 1 N–H and O–H groups in total. The number of hydrogen-bond donors (Lipinski definition) is 1. The maximum absolute atomic E-state index is 11.7. The number of carboxylic acid groups (broad SMARTS) is 1. The standard InChI is InChI=1S/C17H17ClN2O3/c1-2-9-23-16-13(17(21)22)14(10-3-4-10)19-15(20-16)11-5-7-12(18)8-6-11/h5-8,10H,2-4,9H2,1H3,(H,21,22). The summed E-state index contributed by atoms with van der Waals surface area (Å²) in [7, 11) is 0. The lowest BCUT2D eigenvalue weighted by atomic mass is 10.1. The van der Waals surface area contributed by atoms with E-state index in [0.717, 1.165) is 24.8 Å². The van der Waals surface area contributed by atoms with Gasteiger partial charge in [-0.05, 0) is 43.5 Å². The minimum Gasteiger partial charge on any atom is -0.477 e. The van der Waals surface area contributed by atoms with E-state index in [9.17, 15) is 9.90 Å². The average Bonchev–Trinajstić information content (AvgIpc) is 3.37. The monoisotopic (exact) mass is 332 g/mol. The minimum absolute atomic E-state index is 0.0960. The molecule has 0 saturated heterocycles. The van der Waals surface area contributed by atoms with Crippen molar-refractivity contribution < 1.29 is 14.6 Å². The maximum Gasteiger partial charge on any atom is 0.343 e. The second-order valence-corrected chi connectivity index (χ2v) is 5.98. The van der Waals surface area contributed by atoms with Gasteiger partial charge in [-0.1, -0.05) is 18.5 Å². The second-order valence-electron chi connectivity index (χ2n) is 5.55. The highest BCUT2D eigenvalue weighted by atomic mass is 35.5. The van der Waals surface area contributed by atoms with Crippen LogP contribution < -0.4 is 4.74 Å². The molecule has 1 saturated carbocycles. The van der Waals surface area contributed by atoms with Gasteiger partial charge < -0.3 is 9.84 Å². The van der Waals surface area contributed by atoms with Crippen LogP contribution in [-0.2, 0) is 0 Å². The zero-order valence-electron chi connectivity index (χ0n) is 12.8. The van der Waals surface area contributed by atoms with Crippen molar-refractivity contribution in [2.45, 2.75) is 32.1 Å². The minimum atomic E-state index is -1.04. The fourth-order valence-corrected chi connectivity index (χ4v) is 2.47. The van der Waals surface area contributed by atoms with Crippen molar-refractivity contribution in [1.82, 2.24) is 9.97 Å². The average molecular weight is 333 g/mol. The Hall–Kier alpha value is -2.14. The molecule has 1 fully saturated rings. The van der Waals surface area contributed by atoms with Crippen LogP contribution >= 0.6 is 11.6 Å². The van der Waals surface area contributed by atoms with Gasteiger partial charge in [0.1, 0.15) is 5.56 Å². The van der Waals surface area contributed by atoms with Gasteiger partial charge in [0.25, 0.3) is 0 Å². The number of halogens is 1. The van der Waals surface area contributed by atoms with Gasteiger partial charge in [-0.15, -0.1) is 0 Å². The van der Waals surface area contributed by atoms with E-state index in [2.05, 4.69) is 9.97 Å². The summed E-state index contributed by atoms with van der Waals surface area (Å²) in [6.07, 6.45) is 2.67. The van der Waals surface area contributed by atoms with Crippen LogP contribution in [0.15, 0.2) is 24.3 Å². The molecule has 1 aromatic carbocycles. The Labute approximate surface area is 139 Å². The zero-order chi connectivity index (χ0) is 16.4. The number of aromatic carboxylic acids is 1. The summed E-state index contributed by atoms with van der Waals surface area (Å²) in [5.41, 5.74) is 1.46. The number of nitrogens with zero attached hydrogens (tertiary/aromatic N) is 2. The molecule has 120 valence electrons. The summed E-state index contributed by atoms with van der Waals surface area (Å²) in [5.74, 6) is -0.236. The second kappa shape index (κ2) is 6.54. The van der Waals surface area contributed by atoms with E-state index >= 15 is 0 Å². The van der Waals surface area contributed by atoms with Crippen molar-refractivity contribution in [3.05, 3.63) is 40.5 Å². The molecule has 1 heterocycles. The van der Waals surface area contributed by atoms with E-state index in [-0.39, 0.29) is 17.4 Å². The Kier molecular flexibility index (Phi) is 4.48. The summed E-state index contributed by atoms with van der Waals surface area (Å²) in [5, 5.41) is 10.2. The number of carboxylic acids is 1. The summed E-state index contributed by atoms with van der Waals surface area (Å²) in [6.45, 7) is 2.38. The van der Waals surface area contributed by atoms with Crippen LogP contribution in [0.2, 0.25) is 5.02 Å². The van der Waals surface area contributed by atoms with Crippen LogP contribution in [0.25, 0.3) is 11.4 Å². The van der Waals surface area contributed by atoms with Crippen LogP contribution in [0.1, 0.15) is 48.2 Å². The summed E-state index contributed by atoms with van der Waals surface area (Å²) < 4.78 is 5.59. The fraction of sp³-hybridized carbons (Fsp3) is 0.353. The predicted octanol–water partition coefficient (Wildman–Crippen LogP) is 4.16. The van der Waals surface area contributed by atoms with Gasteiger partial charge in [0, 0.05) is 16.5 Å². The normalized spacial score (nSPS) is 13.8. The Bertz CT molecular complexity index is 727. The van der Waals surface area contributed by atoms with Crippen molar-refractivity contribution in [3.8, 4) is 17.3 Å². The molecule has 0 atom stereocenters. The SMILES string of the molecule is CCCOc1nc(-c2ccc(Cl)cc2)nc(C2CC2)c1C(=O)O. The number of ether oxygens (including phenoxy) is 1. The quantitative estimate of drug-likeness (QED) is 0.859. The number of hydrogen-bond acceptors (Lipinski definition) is 4. The van der Waals surface area contributed by atoms with Crippen molar-refractivity contribution in [1.29, 1.82) is 0 Å². The Morgan fingerprint density at radius 3 is 2.57 bits per heavy atom. The third-order valence-corrected chi connectivity index (χ3v) is 3.88. The lowest BCUT2D eigenvalue weighted by molar-refractivity contribution is 0.0689. The third kappa shape index (κ3) is 3.45. The van der Waals surface area contributed by atoms with Gasteiger partial charge in [-0.3, -0.25) is 0 Å². The van der Waals surface area contributed by atoms with Gasteiger partial charge in [0.15, 0.2) is 5.82 Å². The smallest absolute Gasteiger partial charge is 0.343 e. The fourth-order valence-electron chi connectivity index (χ4n) is 2.34. The zero-order valence-corrected chi connectivity index (χ0v) is 13.5. The third-order valence-electron chi connectivity index (χ3n) is 3.63. The van der Waals surface area contributed by atoms with E-state index in [1.54, 1.807) is 12.1 Å². The summed E-state index contributed by atoms with van der Waals surface area (Å²) in [6, 6.07) is 7.15. The van der Waals surface area contributed by atoms with E-state index < -0.39 is 5.97 Å². The molecule has 0 aliphatic heterocycles. The Balaban J connectivity index is 2.11. The summed E-state index contributed by atoms with van der Waals surface area (Å²) >= 11 is 5.91. The highest BCUT2D eigenvalue weighted by Gasteiger charge is 2.33. The van der Waals surface area contributed by atoms with Crippen molar-refractivity contribution in [2.24, 2.45) is 0 Å². The highest BCUT2D eigenvalue weighted by molar-refractivity contribution is 6.30. The first kappa shape index (κ1) is 15.7. The van der Waals surface area contributed by atoms with Crippen molar-refractivity contribution in [3.63, 3.8) is 0 Å². The molecule has 1 aliphatic rings. The number of carbonyl (C=O) groups is 1. The lowest BCUT2D eigenvalue weighted by Gasteiger charge is -2.13. The van der Waals surface area contributed by atoms with Crippen LogP contribution in [0, 0.1) is 0 Å². The Morgan fingerprint density at radius 1 is 1.30 bits per heavy atom. The van der Waals surface area contributed by atoms with Crippen LogP contribution in [0.4, 0.5) is 0 Å². The first-order valence-electron chi connectivity index (χ1n) is 7.64. The van der Waals surface area contributed by atoms with Gasteiger partial charge in [-0.25, -0.2) is 9.78 Å². The molecule has 0 spiro atoms. The topological polar surface area (TPSA) is 72.3 Å². The van der Waals surface area contributed by atoms with Crippen LogP contribution in [-0.4, -0.2) is 27.7 Å². The largest absolute Gasteiger partial charge is 0.477 e. The van der Waals surface area contributed by atoms with Gasteiger partial charge in [0.2, 0.25) is 5.88 Å². The van der Waals surface area contributed by atoms with Crippen LogP contribution in [0.5, 0.6) is 5.88 Å². The van der Waals surface area contributed by atoms with E-state index in [1.165, 1.54) is 0 Å². The van der Waals surface area contributed by atoms with Gasteiger partial charge in [-0.2, -0.15) is 4.98 Å². The maximum atomic E-state index is 11.7. The van der Waals surface area contributed by atoms with Crippen molar-refractivity contribution in [2.75, 3.05) is 6.61 Å².